The van der Waals surface area contributed by atoms with Crippen molar-refractivity contribution in [2.45, 2.75) is 38.7 Å². The number of amides is 2. The summed E-state index contributed by atoms with van der Waals surface area (Å²) < 4.78 is 5.55. The van der Waals surface area contributed by atoms with Crippen LogP contribution < -0.4 is 10.6 Å². The van der Waals surface area contributed by atoms with E-state index in [1.165, 1.54) is 6.42 Å². The largest absolute Gasteiger partial charge is 0.368 e. The molecule has 1 rings (SSSR count). The van der Waals surface area contributed by atoms with Crippen LogP contribution in [0.1, 0.15) is 32.6 Å². The van der Waals surface area contributed by atoms with E-state index in [-0.39, 0.29) is 37.6 Å². The van der Waals surface area contributed by atoms with Gasteiger partial charge in [-0.05, 0) is 18.8 Å². The molecule has 0 saturated heterocycles. The SMILES string of the molecule is C#CCNC(=O)CNC(=O)COC1CCCC(C)C1. The smallest absolute Gasteiger partial charge is 0.246 e. The van der Waals surface area contributed by atoms with Gasteiger partial charge in [-0.15, -0.1) is 6.42 Å². The van der Waals surface area contributed by atoms with E-state index in [9.17, 15) is 9.59 Å². The Kier molecular flexibility index (Phi) is 6.98. The Bertz CT molecular complexity index is 349. The maximum Gasteiger partial charge on any atom is 0.246 e. The molecule has 1 aliphatic carbocycles. The van der Waals surface area contributed by atoms with E-state index in [1.807, 2.05) is 0 Å². The molecule has 5 nitrogen and oxygen atoms in total. The van der Waals surface area contributed by atoms with Gasteiger partial charge in [0.2, 0.25) is 11.8 Å². The number of rotatable bonds is 6. The molecule has 0 aromatic rings. The van der Waals surface area contributed by atoms with Gasteiger partial charge in [0, 0.05) is 0 Å². The monoisotopic (exact) mass is 266 g/mol. The lowest BCUT2D eigenvalue weighted by molar-refractivity contribution is -0.131. The molecule has 2 unspecified atom stereocenters. The third kappa shape index (κ3) is 6.82. The number of hydrogen-bond donors (Lipinski definition) is 2. The van der Waals surface area contributed by atoms with E-state index < -0.39 is 0 Å². The molecule has 0 aromatic carbocycles. The number of nitrogens with one attached hydrogen (secondary N) is 2. The van der Waals surface area contributed by atoms with Gasteiger partial charge in [0.25, 0.3) is 0 Å². The fourth-order valence-corrected chi connectivity index (χ4v) is 2.17. The van der Waals surface area contributed by atoms with Crippen LogP contribution in [0.3, 0.4) is 0 Å². The van der Waals surface area contributed by atoms with E-state index in [4.69, 9.17) is 11.2 Å². The Balaban J connectivity index is 2.10. The van der Waals surface area contributed by atoms with E-state index in [2.05, 4.69) is 23.5 Å². The molecule has 1 aliphatic rings. The molecule has 1 saturated carbocycles. The third-order valence-corrected chi connectivity index (χ3v) is 3.17. The number of carbonyl (C=O) groups is 2. The van der Waals surface area contributed by atoms with E-state index in [1.54, 1.807) is 0 Å². The standard InChI is InChI=1S/C14H22N2O3/c1-3-7-15-13(17)9-16-14(18)10-19-12-6-4-5-11(2)8-12/h1,11-12H,4-10H2,2H3,(H,15,17)(H,16,18). The van der Waals surface area contributed by atoms with Crippen molar-refractivity contribution < 1.29 is 14.3 Å². The maximum absolute atomic E-state index is 11.5. The van der Waals surface area contributed by atoms with Crippen LogP contribution in [0.2, 0.25) is 0 Å². The minimum absolute atomic E-state index is 0.0137. The first kappa shape index (κ1) is 15.5. The van der Waals surface area contributed by atoms with Gasteiger partial charge in [0.1, 0.15) is 6.61 Å². The highest BCUT2D eigenvalue weighted by atomic mass is 16.5. The summed E-state index contributed by atoms with van der Waals surface area (Å²) in [7, 11) is 0. The molecule has 106 valence electrons. The maximum atomic E-state index is 11.5. The first-order valence-electron chi connectivity index (χ1n) is 6.70. The zero-order valence-electron chi connectivity index (χ0n) is 11.4. The summed E-state index contributed by atoms with van der Waals surface area (Å²) in [5.74, 6) is 2.39. The lowest BCUT2D eigenvalue weighted by Crippen LogP contribution is -2.39. The van der Waals surface area contributed by atoms with Crippen LogP contribution in [-0.2, 0) is 14.3 Å². The highest BCUT2D eigenvalue weighted by Crippen LogP contribution is 2.25. The van der Waals surface area contributed by atoms with Gasteiger partial charge in [-0.1, -0.05) is 25.7 Å². The Morgan fingerprint density at radius 2 is 2.11 bits per heavy atom. The van der Waals surface area contributed by atoms with Gasteiger partial charge < -0.3 is 15.4 Å². The van der Waals surface area contributed by atoms with E-state index in [0.29, 0.717) is 5.92 Å². The number of terminal acetylenes is 1. The third-order valence-electron chi connectivity index (χ3n) is 3.17. The Hall–Kier alpha value is -1.54. The Labute approximate surface area is 114 Å². The molecule has 5 heteroatoms. The molecule has 1 fully saturated rings. The highest BCUT2D eigenvalue weighted by Gasteiger charge is 2.20. The number of hydrogen-bond acceptors (Lipinski definition) is 3. The summed E-state index contributed by atoms with van der Waals surface area (Å²) in [5, 5.41) is 4.97. The van der Waals surface area contributed by atoms with Crippen LogP contribution in [0.15, 0.2) is 0 Å². The first-order valence-corrected chi connectivity index (χ1v) is 6.70. The van der Waals surface area contributed by atoms with Crippen molar-refractivity contribution in [2.24, 2.45) is 5.92 Å². The van der Waals surface area contributed by atoms with Crippen LogP contribution >= 0.6 is 0 Å². The molecule has 0 heterocycles. The summed E-state index contributed by atoms with van der Waals surface area (Å²) in [4.78, 5) is 22.7. The fourth-order valence-electron chi connectivity index (χ4n) is 2.17. The number of ether oxygens (including phenoxy) is 1. The van der Waals surface area contributed by atoms with Gasteiger partial charge in [0.05, 0.1) is 19.2 Å². The van der Waals surface area contributed by atoms with Gasteiger partial charge in [0.15, 0.2) is 0 Å². The lowest BCUT2D eigenvalue weighted by Gasteiger charge is -2.26. The van der Waals surface area contributed by atoms with Gasteiger partial charge in [-0.2, -0.15) is 0 Å². The number of carbonyl (C=O) groups excluding carboxylic acids is 2. The van der Waals surface area contributed by atoms with Crippen molar-refractivity contribution >= 4 is 11.8 Å². The highest BCUT2D eigenvalue weighted by molar-refractivity contribution is 5.85. The molecule has 2 N–H and O–H groups in total. The average Bonchev–Trinajstić information content (AvgIpc) is 2.40. The van der Waals surface area contributed by atoms with E-state index >= 15 is 0 Å². The fraction of sp³-hybridized carbons (Fsp3) is 0.714. The molecular formula is C14H22N2O3. The van der Waals surface area contributed by atoms with Gasteiger partial charge in [-0.25, -0.2) is 0 Å². The molecule has 0 spiro atoms. The summed E-state index contributed by atoms with van der Waals surface area (Å²) in [5.41, 5.74) is 0. The van der Waals surface area contributed by atoms with Crippen LogP contribution in [0.4, 0.5) is 0 Å². The molecule has 0 aromatic heterocycles. The predicted octanol–water partition coefficient (Wildman–Crippen LogP) is 0.447. The molecule has 2 amide bonds. The van der Waals surface area contributed by atoms with Crippen molar-refractivity contribution in [2.75, 3.05) is 19.7 Å². The second-order valence-electron chi connectivity index (χ2n) is 4.96. The second-order valence-corrected chi connectivity index (χ2v) is 4.96. The molecule has 0 bridgehead atoms. The van der Waals surface area contributed by atoms with Crippen LogP contribution in [0, 0.1) is 18.3 Å². The quantitative estimate of drug-likeness (QED) is 0.686. The topological polar surface area (TPSA) is 67.4 Å². The minimum Gasteiger partial charge on any atom is -0.368 e. The molecule has 0 aliphatic heterocycles. The summed E-state index contributed by atoms with van der Waals surface area (Å²) in [6.45, 7) is 2.32. The molecule has 2 atom stereocenters. The average molecular weight is 266 g/mol. The molecular weight excluding hydrogens is 244 g/mol. The second kappa shape index (κ2) is 8.54. The predicted molar refractivity (Wildman–Crippen MR) is 72.2 cm³/mol. The first-order chi connectivity index (χ1) is 9.11. The molecule has 19 heavy (non-hydrogen) atoms. The minimum atomic E-state index is -0.294. The Morgan fingerprint density at radius 1 is 1.32 bits per heavy atom. The van der Waals surface area contributed by atoms with Crippen molar-refractivity contribution in [1.29, 1.82) is 0 Å². The Morgan fingerprint density at radius 3 is 2.79 bits per heavy atom. The van der Waals surface area contributed by atoms with Crippen LogP contribution in [0.5, 0.6) is 0 Å². The van der Waals surface area contributed by atoms with Crippen molar-refractivity contribution in [3.05, 3.63) is 0 Å². The van der Waals surface area contributed by atoms with Crippen molar-refractivity contribution in [3.63, 3.8) is 0 Å². The molecule has 0 radical (unpaired) electrons. The van der Waals surface area contributed by atoms with Crippen molar-refractivity contribution in [1.82, 2.24) is 10.6 Å². The zero-order valence-corrected chi connectivity index (χ0v) is 11.4. The normalized spacial score (nSPS) is 22.3. The van der Waals surface area contributed by atoms with Crippen LogP contribution in [-0.4, -0.2) is 37.6 Å². The van der Waals surface area contributed by atoms with Gasteiger partial charge >= 0.3 is 0 Å². The van der Waals surface area contributed by atoms with Crippen molar-refractivity contribution in [3.8, 4) is 12.3 Å². The summed E-state index contributed by atoms with van der Waals surface area (Å²) in [6.07, 6.45) is 9.59. The van der Waals surface area contributed by atoms with E-state index in [0.717, 1.165) is 19.3 Å². The lowest BCUT2D eigenvalue weighted by atomic mass is 9.89. The summed E-state index contributed by atoms with van der Waals surface area (Å²) in [6, 6.07) is 0. The van der Waals surface area contributed by atoms with Crippen LogP contribution in [0.25, 0.3) is 0 Å². The zero-order chi connectivity index (χ0) is 14.1. The summed E-state index contributed by atoms with van der Waals surface area (Å²) >= 11 is 0. The van der Waals surface area contributed by atoms with Gasteiger partial charge in [-0.3, -0.25) is 9.59 Å².